The van der Waals surface area contributed by atoms with Gasteiger partial charge in [-0.15, -0.1) is 46.4 Å². The normalized spacial score (nSPS) is 13.9. The predicted octanol–water partition coefficient (Wildman–Crippen LogP) is 6.26. The van der Waals surface area contributed by atoms with Gasteiger partial charge in [0.05, 0.1) is 6.04 Å². The first-order chi connectivity index (χ1) is 14.1. The van der Waals surface area contributed by atoms with E-state index in [4.69, 9.17) is 15.6 Å². The Hall–Kier alpha value is -0.460. The molecule has 0 radical (unpaired) electrons. The highest BCUT2D eigenvalue weighted by atomic mass is 79.9. The Labute approximate surface area is 205 Å². The maximum Gasteiger partial charge on any atom is 0.159 e. The smallest absolute Gasteiger partial charge is 0.159 e. The van der Waals surface area contributed by atoms with Crippen molar-refractivity contribution in [1.82, 2.24) is 15.0 Å². The van der Waals surface area contributed by atoms with E-state index in [-0.39, 0.29) is 24.6 Å². The standard InChI is InChI=1S/C6H10N2S.C6H9NOS.C4H8O.C3H2BrNS.ClH/c1-2-5(7)6-8-3-4-9-6;1-2-5(8)6-7-3-4-9-6;1-2-4-5-3-1;4-3-5-1-2-6-3;/h3-5H,2,7H2,1H3;3-5,8H,2H2,1H3;1-4H2;1-2H;1H/t5-;;;;/m0..../s1. The van der Waals surface area contributed by atoms with Crippen molar-refractivity contribution in [3.05, 3.63) is 48.7 Å². The van der Waals surface area contributed by atoms with Gasteiger partial charge >= 0.3 is 0 Å². The Bertz CT molecular complexity index is 652. The Balaban J connectivity index is 0.000000379. The van der Waals surface area contributed by atoms with Crippen LogP contribution in [0.15, 0.2) is 38.6 Å². The lowest BCUT2D eigenvalue weighted by Crippen LogP contribution is -2.07. The molecule has 0 bridgehead atoms. The van der Waals surface area contributed by atoms with Crippen LogP contribution in [0.3, 0.4) is 0 Å². The van der Waals surface area contributed by atoms with E-state index in [0.717, 1.165) is 40.0 Å². The zero-order valence-corrected chi connectivity index (χ0v) is 22.0. The van der Waals surface area contributed by atoms with Gasteiger partial charge in [-0.3, -0.25) is 0 Å². The van der Waals surface area contributed by atoms with Crippen molar-refractivity contribution in [3.63, 3.8) is 0 Å². The number of nitrogens with two attached hydrogens (primary N) is 1. The maximum atomic E-state index is 9.17. The zero-order chi connectivity index (χ0) is 21.3. The number of aromatic nitrogens is 3. The summed E-state index contributed by atoms with van der Waals surface area (Å²) in [5, 5.41) is 16.8. The lowest BCUT2D eigenvalue weighted by atomic mass is 10.3. The first-order valence-electron chi connectivity index (χ1n) is 9.43. The van der Waals surface area contributed by atoms with Crippen LogP contribution in [0.2, 0.25) is 0 Å². The molecule has 4 rings (SSSR count). The number of thiazole rings is 3. The number of halogens is 2. The highest BCUT2D eigenvalue weighted by molar-refractivity contribution is 9.11. The minimum absolute atomic E-state index is 0. The average molecular weight is 558 g/mol. The molecule has 6 nitrogen and oxygen atoms in total. The first kappa shape index (κ1) is 29.5. The molecular weight excluding hydrogens is 528 g/mol. The van der Waals surface area contributed by atoms with Crippen LogP contribution >= 0.6 is 62.3 Å². The van der Waals surface area contributed by atoms with E-state index in [1.54, 1.807) is 41.3 Å². The number of ether oxygens (including phenoxy) is 1. The van der Waals surface area contributed by atoms with Gasteiger partial charge in [0.1, 0.15) is 16.1 Å². The SMILES string of the molecule is Brc1nccs1.C1CCOC1.CCC(O)c1nccs1.CC[C@H](N)c1nccs1.Cl. The molecule has 170 valence electrons. The summed E-state index contributed by atoms with van der Waals surface area (Å²) < 4.78 is 5.89. The van der Waals surface area contributed by atoms with Gasteiger partial charge in [-0.1, -0.05) is 13.8 Å². The molecule has 1 aliphatic rings. The van der Waals surface area contributed by atoms with E-state index in [0.29, 0.717) is 0 Å². The third kappa shape index (κ3) is 13.8. The van der Waals surface area contributed by atoms with Crippen LogP contribution in [0.25, 0.3) is 0 Å². The molecule has 3 aromatic rings. The number of hydrogen-bond acceptors (Lipinski definition) is 9. The fourth-order valence-corrected chi connectivity index (χ4v) is 4.11. The molecule has 11 heteroatoms. The number of hydrogen-bond donors (Lipinski definition) is 2. The van der Waals surface area contributed by atoms with Crippen molar-refractivity contribution in [2.75, 3.05) is 13.2 Å². The molecular formula is C19H30BrClN4O2S3. The molecule has 0 amide bonds. The van der Waals surface area contributed by atoms with E-state index < -0.39 is 0 Å². The summed E-state index contributed by atoms with van der Waals surface area (Å²) >= 11 is 7.89. The first-order valence-corrected chi connectivity index (χ1v) is 12.9. The van der Waals surface area contributed by atoms with Crippen LogP contribution in [0.1, 0.15) is 61.7 Å². The molecule has 30 heavy (non-hydrogen) atoms. The second kappa shape index (κ2) is 19.2. The lowest BCUT2D eigenvalue weighted by Gasteiger charge is -2.01. The number of aliphatic hydroxyl groups excluding tert-OH is 1. The summed E-state index contributed by atoms with van der Waals surface area (Å²) in [5.41, 5.74) is 5.69. The summed E-state index contributed by atoms with van der Waals surface area (Å²) in [6.07, 6.45) is 9.16. The highest BCUT2D eigenvalue weighted by Crippen LogP contribution is 2.17. The van der Waals surface area contributed by atoms with E-state index >= 15 is 0 Å². The minimum atomic E-state index is -0.356. The lowest BCUT2D eigenvalue weighted by molar-refractivity contribution is 0.173. The van der Waals surface area contributed by atoms with Crippen LogP contribution in [0.4, 0.5) is 0 Å². The van der Waals surface area contributed by atoms with Crippen LogP contribution < -0.4 is 5.73 Å². The summed E-state index contributed by atoms with van der Waals surface area (Å²) in [6, 6.07) is 0.144. The van der Waals surface area contributed by atoms with Gasteiger partial charge in [-0.25, -0.2) is 15.0 Å². The molecule has 1 saturated heterocycles. The molecule has 2 atom stereocenters. The molecule has 1 fully saturated rings. The van der Waals surface area contributed by atoms with E-state index in [9.17, 15) is 0 Å². The van der Waals surface area contributed by atoms with Crippen LogP contribution in [0.5, 0.6) is 0 Å². The largest absolute Gasteiger partial charge is 0.386 e. The summed E-state index contributed by atoms with van der Waals surface area (Å²) in [6.45, 7) is 6.00. The van der Waals surface area contributed by atoms with Crippen molar-refractivity contribution in [2.24, 2.45) is 5.73 Å². The van der Waals surface area contributed by atoms with Crippen LogP contribution in [0, 0.1) is 0 Å². The van der Waals surface area contributed by atoms with Gasteiger partial charge in [0, 0.05) is 47.9 Å². The molecule has 1 unspecified atom stereocenters. The van der Waals surface area contributed by atoms with Gasteiger partial charge in [0.25, 0.3) is 0 Å². The Morgan fingerprint density at radius 2 is 1.50 bits per heavy atom. The van der Waals surface area contributed by atoms with Crippen molar-refractivity contribution in [2.45, 2.75) is 51.7 Å². The van der Waals surface area contributed by atoms with Crippen molar-refractivity contribution in [3.8, 4) is 0 Å². The van der Waals surface area contributed by atoms with Crippen molar-refractivity contribution >= 4 is 62.3 Å². The topological polar surface area (TPSA) is 94.2 Å². The fourth-order valence-electron chi connectivity index (χ4n) is 1.88. The fraction of sp³-hybridized carbons (Fsp3) is 0.526. The molecule has 1 aliphatic heterocycles. The number of rotatable bonds is 4. The van der Waals surface area contributed by atoms with E-state index in [1.807, 2.05) is 23.1 Å². The van der Waals surface area contributed by atoms with Gasteiger partial charge in [-0.2, -0.15) is 0 Å². The Morgan fingerprint density at radius 3 is 1.80 bits per heavy atom. The summed E-state index contributed by atoms with van der Waals surface area (Å²) in [7, 11) is 0. The molecule has 0 spiro atoms. The van der Waals surface area contributed by atoms with Gasteiger partial charge in [0.15, 0.2) is 3.92 Å². The molecule has 0 aliphatic carbocycles. The Kier molecular flexibility index (Phi) is 18.9. The number of aliphatic hydroxyl groups is 1. The third-order valence-electron chi connectivity index (χ3n) is 3.56. The minimum Gasteiger partial charge on any atom is -0.386 e. The number of nitrogens with zero attached hydrogens (tertiary/aromatic N) is 3. The predicted molar refractivity (Wildman–Crippen MR) is 134 cm³/mol. The molecule has 3 N–H and O–H groups in total. The third-order valence-corrected chi connectivity index (χ3v) is 6.67. The van der Waals surface area contributed by atoms with Gasteiger partial charge in [-0.05, 0) is 41.6 Å². The quantitative estimate of drug-likeness (QED) is 0.393. The molecule has 4 heterocycles. The monoisotopic (exact) mass is 556 g/mol. The summed E-state index contributed by atoms with van der Waals surface area (Å²) in [4.78, 5) is 11.9. The van der Waals surface area contributed by atoms with Crippen molar-refractivity contribution < 1.29 is 9.84 Å². The van der Waals surface area contributed by atoms with Gasteiger partial charge < -0.3 is 15.6 Å². The van der Waals surface area contributed by atoms with E-state index in [2.05, 4.69) is 37.8 Å². The maximum absolute atomic E-state index is 9.17. The molecule has 3 aromatic heterocycles. The Morgan fingerprint density at radius 1 is 0.967 bits per heavy atom. The molecule has 0 saturated carbocycles. The van der Waals surface area contributed by atoms with Crippen LogP contribution in [-0.2, 0) is 4.74 Å². The molecule has 0 aromatic carbocycles. The second-order valence-corrected chi connectivity index (χ2v) is 9.81. The van der Waals surface area contributed by atoms with E-state index in [1.165, 1.54) is 24.2 Å². The second-order valence-electron chi connectivity index (χ2n) is 5.78. The van der Waals surface area contributed by atoms with Crippen LogP contribution in [-0.4, -0.2) is 33.3 Å². The zero-order valence-electron chi connectivity index (χ0n) is 17.1. The highest BCUT2D eigenvalue weighted by Gasteiger charge is 2.05. The van der Waals surface area contributed by atoms with Gasteiger partial charge in [0.2, 0.25) is 0 Å². The average Bonchev–Trinajstić information content (AvgIpc) is 3.56. The van der Waals surface area contributed by atoms with Crippen molar-refractivity contribution in [1.29, 1.82) is 0 Å². The summed E-state index contributed by atoms with van der Waals surface area (Å²) in [5.74, 6) is 0.